The third-order valence-electron chi connectivity index (χ3n) is 3.50. The minimum atomic E-state index is -0.443. The molecule has 1 amide bonds. The number of hydrogen-bond acceptors (Lipinski definition) is 2. The topological polar surface area (TPSA) is 55.1 Å². The summed E-state index contributed by atoms with van der Waals surface area (Å²) in [7, 11) is 0. The van der Waals surface area contributed by atoms with Crippen molar-refractivity contribution < 1.29 is 4.79 Å². The van der Waals surface area contributed by atoms with Crippen LogP contribution in [-0.4, -0.2) is 5.91 Å². The van der Waals surface area contributed by atoms with Crippen molar-refractivity contribution in [2.24, 2.45) is 5.73 Å². The number of carbonyl (C=O) groups is 1. The van der Waals surface area contributed by atoms with Crippen LogP contribution in [0.2, 0.25) is 5.02 Å². The second-order valence-electron chi connectivity index (χ2n) is 5.12. The smallest absolute Gasteiger partial charge is 0.249 e. The van der Waals surface area contributed by atoms with Gasteiger partial charge in [0.25, 0.3) is 0 Å². The fourth-order valence-corrected chi connectivity index (χ4v) is 2.52. The fourth-order valence-electron chi connectivity index (χ4n) is 2.39. The quantitative estimate of drug-likeness (QED) is 0.721. The second-order valence-corrected chi connectivity index (χ2v) is 5.56. The van der Waals surface area contributed by atoms with E-state index in [0.29, 0.717) is 10.6 Å². The van der Waals surface area contributed by atoms with Crippen LogP contribution in [0, 0.1) is 0 Å². The molecular formula is C19H15ClN2O. The van der Waals surface area contributed by atoms with Crippen molar-refractivity contribution >= 4 is 28.9 Å². The monoisotopic (exact) mass is 322 g/mol. The van der Waals surface area contributed by atoms with Gasteiger partial charge in [-0.1, -0.05) is 41.9 Å². The van der Waals surface area contributed by atoms with Crippen LogP contribution < -0.4 is 11.1 Å². The van der Waals surface area contributed by atoms with E-state index in [0.717, 1.165) is 22.5 Å². The van der Waals surface area contributed by atoms with Crippen LogP contribution in [0.25, 0.3) is 11.1 Å². The molecule has 0 fully saturated rings. The van der Waals surface area contributed by atoms with E-state index in [2.05, 4.69) is 5.32 Å². The predicted molar refractivity (Wildman–Crippen MR) is 95.1 cm³/mol. The summed E-state index contributed by atoms with van der Waals surface area (Å²) in [5.74, 6) is -0.443. The molecule has 0 aliphatic heterocycles. The van der Waals surface area contributed by atoms with Crippen molar-refractivity contribution in [3.8, 4) is 11.1 Å². The summed E-state index contributed by atoms with van der Waals surface area (Å²) in [5.41, 5.74) is 9.53. The zero-order valence-corrected chi connectivity index (χ0v) is 13.0. The average Bonchev–Trinajstić information content (AvgIpc) is 2.57. The maximum atomic E-state index is 11.7. The maximum Gasteiger partial charge on any atom is 0.249 e. The number of primary amides is 1. The number of anilines is 2. The molecule has 0 aliphatic carbocycles. The highest BCUT2D eigenvalue weighted by molar-refractivity contribution is 6.30. The Labute approximate surface area is 139 Å². The van der Waals surface area contributed by atoms with E-state index in [1.54, 1.807) is 6.07 Å². The van der Waals surface area contributed by atoms with E-state index >= 15 is 0 Å². The van der Waals surface area contributed by atoms with Crippen LogP contribution in [-0.2, 0) is 0 Å². The molecule has 0 atom stereocenters. The van der Waals surface area contributed by atoms with Gasteiger partial charge < -0.3 is 11.1 Å². The lowest BCUT2D eigenvalue weighted by molar-refractivity contribution is 0.100. The highest BCUT2D eigenvalue weighted by atomic mass is 35.5. The zero-order valence-electron chi connectivity index (χ0n) is 12.3. The molecular weight excluding hydrogens is 308 g/mol. The summed E-state index contributed by atoms with van der Waals surface area (Å²) in [5, 5.41) is 3.98. The molecule has 0 unspecified atom stereocenters. The Balaban J connectivity index is 2.00. The van der Waals surface area contributed by atoms with Gasteiger partial charge >= 0.3 is 0 Å². The van der Waals surface area contributed by atoms with Crippen LogP contribution in [0.5, 0.6) is 0 Å². The van der Waals surface area contributed by atoms with Gasteiger partial charge in [-0.25, -0.2) is 0 Å². The first kappa shape index (κ1) is 15.1. The minimum Gasteiger partial charge on any atom is -0.366 e. The molecule has 0 radical (unpaired) electrons. The van der Waals surface area contributed by atoms with Gasteiger partial charge in [-0.3, -0.25) is 4.79 Å². The number of amides is 1. The number of halogens is 1. The van der Waals surface area contributed by atoms with E-state index in [-0.39, 0.29) is 0 Å². The van der Waals surface area contributed by atoms with Crippen LogP contribution in [0.3, 0.4) is 0 Å². The molecule has 3 N–H and O–H groups in total. The Morgan fingerprint density at radius 3 is 2.17 bits per heavy atom. The first-order chi connectivity index (χ1) is 11.1. The highest BCUT2D eigenvalue weighted by Crippen LogP contribution is 2.28. The third-order valence-corrected chi connectivity index (χ3v) is 3.75. The summed E-state index contributed by atoms with van der Waals surface area (Å²) >= 11 is 5.90. The van der Waals surface area contributed by atoms with E-state index in [1.165, 1.54) is 0 Å². The van der Waals surface area contributed by atoms with Gasteiger partial charge in [0.1, 0.15) is 0 Å². The number of benzene rings is 3. The summed E-state index contributed by atoms with van der Waals surface area (Å²) < 4.78 is 0. The first-order valence-corrected chi connectivity index (χ1v) is 7.53. The first-order valence-electron chi connectivity index (χ1n) is 7.15. The standard InChI is InChI=1S/C19H15ClN2O/c20-14-6-8-15(9-7-14)22-16-10-11-17(19(21)23)18(12-16)13-4-2-1-3-5-13/h1-12,22H,(H2,21,23). The molecule has 3 nitrogen and oxygen atoms in total. The van der Waals surface area contributed by atoms with Gasteiger partial charge in [0.05, 0.1) is 0 Å². The molecule has 3 aromatic carbocycles. The Hall–Kier alpha value is -2.78. The minimum absolute atomic E-state index is 0.443. The Morgan fingerprint density at radius 2 is 1.52 bits per heavy atom. The molecule has 0 heterocycles. The third kappa shape index (κ3) is 3.52. The molecule has 114 valence electrons. The molecule has 0 saturated heterocycles. The van der Waals surface area contributed by atoms with E-state index in [1.807, 2.05) is 66.7 Å². The van der Waals surface area contributed by atoms with Crippen molar-refractivity contribution in [1.29, 1.82) is 0 Å². The second kappa shape index (κ2) is 6.55. The van der Waals surface area contributed by atoms with Crippen molar-refractivity contribution in [3.63, 3.8) is 0 Å². The van der Waals surface area contributed by atoms with E-state index < -0.39 is 5.91 Å². The molecule has 0 saturated carbocycles. The lowest BCUT2D eigenvalue weighted by atomic mass is 9.98. The van der Waals surface area contributed by atoms with Gasteiger partial charge in [0.2, 0.25) is 5.91 Å². The molecule has 0 spiro atoms. The van der Waals surface area contributed by atoms with Gasteiger partial charge in [0.15, 0.2) is 0 Å². The van der Waals surface area contributed by atoms with Crippen LogP contribution in [0.1, 0.15) is 10.4 Å². The van der Waals surface area contributed by atoms with Crippen molar-refractivity contribution in [2.75, 3.05) is 5.32 Å². The summed E-state index contributed by atoms with van der Waals surface area (Å²) in [6.45, 7) is 0. The molecule has 4 heteroatoms. The van der Waals surface area contributed by atoms with Crippen molar-refractivity contribution in [3.05, 3.63) is 83.4 Å². The number of hydrogen-bond donors (Lipinski definition) is 2. The van der Waals surface area contributed by atoms with Gasteiger partial charge in [-0.05, 0) is 53.6 Å². The SMILES string of the molecule is NC(=O)c1ccc(Nc2ccc(Cl)cc2)cc1-c1ccccc1. The number of nitrogens with one attached hydrogen (secondary N) is 1. The average molecular weight is 323 g/mol. The molecule has 23 heavy (non-hydrogen) atoms. The largest absolute Gasteiger partial charge is 0.366 e. The van der Waals surface area contributed by atoms with E-state index in [9.17, 15) is 4.79 Å². The number of carbonyl (C=O) groups excluding carboxylic acids is 1. The van der Waals surface area contributed by atoms with Gasteiger partial charge in [-0.15, -0.1) is 0 Å². The summed E-state index contributed by atoms with van der Waals surface area (Å²) in [4.78, 5) is 11.7. The maximum absolute atomic E-state index is 11.7. The van der Waals surface area contributed by atoms with Crippen LogP contribution in [0.15, 0.2) is 72.8 Å². The fraction of sp³-hybridized carbons (Fsp3) is 0. The molecule has 3 rings (SSSR count). The van der Waals surface area contributed by atoms with Crippen molar-refractivity contribution in [2.45, 2.75) is 0 Å². The lowest BCUT2D eigenvalue weighted by Crippen LogP contribution is -2.12. The summed E-state index contributed by atoms with van der Waals surface area (Å²) in [6, 6.07) is 22.6. The molecule has 0 aromatic heterocycles. The van der Waals surface area contributed by atoms with Crippen LogP contribution in [0.4, 0.5) is 11.4 Å². The molecule has 0 aliphatic rings. The normalized spacial score (nSPS) is 10.3. The lowest BCUT2D eigenvalue weighted by Gasteiger charge is -2.12. The molecule has 0 bridgehead atoms. The van der Waals surface area contributed by atoms with E-state index in [4.69, 9.17) is 17.3 Å². The Bertz CT molecular complexity index is 830. The zero-order chi connectivity index (χ0) is 16.2. The Morgan fingerprint density at radius 1 is 0.870 bits per heavy atom. The Kier molecular flexibility index (Phi) is 4.31. The van der Waals surface area contributed by atoms with Crippen LogP contribution >= 0.6 is 11.6 Å². The highest BCUT2D eigenvalue weighted by Gasteiger charge is 2.11. The van der Waals surface area contributed by atoms with Gasteiger partial charge in [0, 0.05) is 22.0 Å². The van der Waals surface area contributed by atoms with Gasteiger partial charge in [-0.2, -0.15) is 0 Å². The predicted octanol–water partition coefficient (Wildman–Crippen LogP) is 4.85. The molecule has 3 aromatic rings. The number of rotatable bonds is 4. The van der Waals surface area contributed by atoms with Crippen molar-refractivity contribution in [1.82, 2.24) is 0 Å². The summed E-state index contributed by atoms with van der Waals surface area (Å²) in [6.07, 6.45) is 0. The number of nitrogens with two attached hydrogens (primary N) is 1.